The highest BCUT2D eigenvalue weighted by Crippen LogP contribution is 2.45. The SMILES string of the molecule is CCN(CC)c1ccc(C(OC(C)(C)C)(c2ccc(N=Nc3c(O)ccc4ccccc34)cc2)c2ccc(N(CC)CC)cc2)cc1. The average molecular weight is 629 g/mol. The summed E-state index contributed by atoms with van der Waals surface area (Å²) < 4.78 is 7.21. The predicted molar refractivity (Wildman–Crippen MR) is 197 cm³/mol. The van der Waals surface area contributed by atoms with E-state index >= 15 is 0 Å². The van der Waals surface area contributed by atoms with E-state index in [0.717, 1.165) is 53.6 Å². The van der Waals surface area contributed by atoms with Gasteiger partial charge in [0.05, 0.1) is 11.3 Å². The summed E-state index contributed by atoms with van der Waals surface area (Å²) in [5, 5.41) is 21.5. The van der Waals surface area contributed by atoms with Crippen molar-refractivity contribution in [3.8, 4) is 5.75 Å². The number of anilines is 2. The van der Waals surface area contributed by atoms with Crippen LogP contribution in [0.25, 0.3) is 10.8 Å². The first-order chi connectivity index (χ1) is 22.6. The van der Waals surface area contributed by atoms with Gasteiger partial charge in [0.2, 0.25) is 0 Å². The van der Waals surface area contributed by atoms with E-state index in [0.29, 0.717) is 11.4 Å². The van der Waals surface area contributed by atoms with Crippen LogP contribution in [0.15, 0.2) is 119 Å². The van der Waals surface area contributed by atoms with Crippen LogP contribution in [-0.4, -0.2) is 36.9 Å². The van der Waals surface area contributed by atoms with Gasteiger partial charge >= 0.3 is 0 Å². The summed E-state index contributed by atoms with van der Waals surface area (Å²) in [5.74, 6) is 0.1000. The average Bonchev–Trinajstić information content (AvgIpc) is 3.08. The molecule has 0 aliphatic rings. The third-order valence-corrected chi connectivity index (χ3v) is 8.68. The van der Waals surface area contributed by atoms with E-state index in [4.69, 9.17) is 4.74 Å². The van der Waals surface area contributed by atoms with Gasteiger partial charge in [0.1, 0.15) is 17.0 Å². The number of nitrogens with zero attached hydrogens (tertiary/aromatic N) is 4. The number of rotatable bonds is 12. The smallest absolute Gasteiger partial charge is 0.144 e. The number of fused-ring (bicyclic) bond motifs is 1. The molecular formula is C41H48N4O2. The highest BCUT2D eigenvalue weighted by atomic mass is 16.5. The van der Waals surface area contributed by atoms with Crippen molar-refractivity contribution in [2.24, 2.45) is 10.2 Å². The Kier molecular flexibility index (Phi) is 10.3. The molecule has 6 nitrogen and oxygen atoms in total. The molecule has 5 aromatic rings. The Hall–Kier alpha value is -4.68. The molecule has 0 fully saturated rings. The fraction of sp³-hybridized carbons (Fsp3) is 0.317. The summed E-state index contributed by atoms with van der Waals surface area (Å²) >= 11 is 0. The topological polar surface area (TPSA) is 60.7 Å². The third kappa shape index (κ3) is 7.18. The molecule has 0 atom stereocenters. The second-order valence-corrected chi connectivity index (χ2v) is 12.7. The second-order valence-electron chi connectivity index (χ2n) is 12.7. The Balaban J connectivity index is 1.63. The summed E-state index contributed by atoms with van der Waals surface area (Å²) in [6, 6.07) is 37.1. The predicted octanol–water partition coefficient (Wildman–Crippen LogP) is 10.8. The molecule has 5 rings (SSSR count). The number of phenols is 1. The largest absolute Gasteiger partial charge is 0.506 e. The molecule has 0 radical (unpaired) electrons. The minimum atomic E-state index is -0.897. The lowest BCUT2D eigenvalue weighted by Gasteiger charge is -2.41. The van der Waals surface area contributed by atoms with E-state index < -0.39 is 11.2 Å². The van der Waals surface area contributed by atoms with Gasteiger partial charge in [-0.05, 0) is 113 Å². The highest BCUT2D eigenvalue weighted by Gasteiger charge is 2.41. The van der Waals surface area contributed by atoms with Gasteiger partial charge in [0, 0.05) is 42.9 Å². The molecule has 0 aliphatic heterocycles. The third-order valence-electron chi connectivity index (χ3n) is 8.68. The molecule has 47 heavy (non-hydrogen) atoms. The normalized spacial score (nSPS) is 12.1. The zero-order chi connectivity index (χ0) is 33.6. The van der Waals surface area contributed by atoms with Crippen molar-refractivity contribution in [3.05, 3.63) is 126 Å². The zero-order valence-corrected chi connectivity index (χ0v) is 28.9. The number of phenolic OH excluding ortho intramolecular Hbond substituents is 1. The minimum Gasteiger partial charge on any atom is -0.506 e. The van der Waals surface area contributed by atoms with Crippen LogP contribution in [0.2, 0.25) is 0 Å². The second kappa shape index (κ2) is 14.4. The van der Waals surface area contributed by atoms with Crippen LogP contribution < -0.4 is 9.80 Å². The van der Waals surface area contributed by atoms with Crippen LogP contribution in [0, 0.1) is 0 Å². The van der Waals surface area contributed by atoms with Gasteiger partial charge in [-0.25, -0.2) is 0 Å². The maximum Gasteiger partial charge on any atom is 0.144 e. The standard InChI is InChI=1S/C41H48N4O2/c1-8-44(9-2)35-25-19-32(20-26-35)41(47-40(5,6)7,33-21-27-36(28-22-33)45(10-3)11-4)31-17-23-34(24-18-31)42-43-39-37-15-13-12-14-30(37)16-29-38(39)46/h12-29,46H,8-11H2,1-7H3. The minimum absolute atomic E-state index is 0.1000. The zero-order valence-electron chi connectivity index (χ0n) is 28.9. The molecule has 0 spiro atoms. The summed E-state index contributed by atoms with van der Waals surface area (Å²) in [6.07, 6.45) is 0. The molecule has 0 heterocycles. The van der Waals surface area contributed by atoms with Crippen LogP contribution >= 0.6 is 0 Å². The van der Waals surface area contributed by atoms with Gasteiger partial charge in [-0.1, -0.05) is 66.7 Å². The first-order valence-corrected chi connectivity index (χ1v) is 16.8. The van der Waals surface area contributed by atoms with Crippen molar-refractivity contribution in [2.45, 2.75) is 59.7 Å². The van der Waals surface area contributed by atoms with E-state index in [2.05, 4.69) is 129 Å². The molecular weight excluding hydrogens is 580 g/mol. The van der Waals surface area contributed by atoms with Crippen LogP contribution in [0.3, 0.4) is 0 Å². The number of aromatic hydroxyl groups is 1. The van der Waals surface area contributed by atoms with Crippen molar-refractivity contribution in [2.75, 3.05) is 36.0 Å². The molecule has 0 amide bonds. The van der Waals surface area contributed by atoms with Crippen LogP contribution in [0.5, 0.6) is 5.75 Å². The lowest BCUT2D eigenvalue weighted by Crippen LogP contribution is -2.40. The van der Waals surface area contributed by atoms with Crippen LogP contribution in [-0.2, 0) is 10.3 Å². The molecule has 0 bridgehead atoms. The van der Waals surface area contributed by atoms with Crippen molar-refractivity contribution < 1.29 is 9.84 Å². The van der Waals surface area contributed by atoms with E-state index in [9.17, 15) is 5.11 Å². The summed E-state index contributed by atoms with van der Waals surface area (Å²) in [7, 11) is 0. The Morgan fingerprint density at radius 1 is 0.574 bits per heavy atom. The Morgan fingerprint density at radius 3 is 1.51 bits per heavy atom. The van der Waals surface area contributed by atoms with Crippen molar-refractivity contribution in [3.63, 3.8) is 0 Å². The number of hydrogen-bond acceptors (Lipinski definition) is 6. The first-order valence-electron chi connectivity index (χ1n) is 16.8. The molecule has 1 N–H and O–H groups in total. The van der Waals surface area contributed by atoms with Gasteiger partial charge in [-0.3, -0.25) is 0 Å². The first kappa shape index (κ1) is 33.7. The monoisotopic (exact) mass is 628 g/mol. The van der Waals surface area contributed by atoms with Gasteiger partial charge < -0.3 is 19.6 Å². The highest BCUT2D eigenvalue weighted by molar-refractivity contribution is 5.95. The summed E-state index contributed by atoms with van der Waals surface area (Å²) in [4.78, 5) is 4.70. The van der Waals surface area contributed by atoms with Crippen molar-refractivity contribution >= 4 is 33.5 Å². The summed E-state index contributed by atoms with van der Waals surface area (Å²) in [5.41, 5.74) is 5.23. The molecule has 0 unspecified atom stereocenters. The molecule has 0 aliphatic carbocycles. The quantitative estimate of drug-likeness (QED) is 0.110. The lowest BCUT2D eigenvalue weighted by molar-refractivity contribution is -0.0917. The van der Waals surface area contributed by atoms with Crippen LogP contribution in [0.1, 0.15) is 65.2 Å². The molecule has 6 heteroatoms. The fourth-order valence-electron chi connectivity index (χ4n) is 6.35. The number of ether oxygens (including phenoxy) is 1. The van der Waals surface area contributed by atoms with E-state index in [1.807, 2.05) is 42.5 Å². The maximum absolute atomic E-state index is 10.6. The van der Waals surface area contributed by atoms with Crippen molar-refractivity contribution in [1.82, 2.24) is 0 Å². The molecule has 244 valence electrons. The molecule has 0 saturated carbocycles. The van der Waals surface area contributed by atoms with E-state index in [-0.39, 0.29) is 5.75 Å². The lowest BCUT2D eigenvalue weighted by atomic mass is 9.79. The van der Waals surface area contributed by atoms with Gasteiger partial charge in [-0.15, -0.1) is 5.11 Å². The summed E-state index contributed by atoms with van der Waals surface area (Å²) in [6.45, 7) is 18.8. The number of hydrogen-bond donors (Lipinski definition) is 1. The van der Waals surface area contributed by atoms with Gasteiger partial charge in [0.15, 0.2) is 0 Å². The fourth-order valence-corrected chi connectivity index (χ4v) is 6.35. The molecule has 0 aromatic heterocycles. The maximum atomic E-state index is 10.6. The molecule has 0 saturated heterocycles. The van der Waals surface area contributed by atoms with E-state index in [1.54, 1.807) is 6.07 Å². The van der Waals surface area contributed by atoms with E-state index in [1.165, 1.54) is 11.4 Å². The number of azo groups is 1. The van der Waals surface area contributed by atoms with Gasteiger partial charge in [-0.2, -0.15) is 5.11 Å². The molecule has 5 aromatic carbocycles. The Bertz CT molecular complexity index is 1730. The Labute approximate surface area is 280 Å². The Morgan fingerprint density at radius 2 is 1.04 bits per heavy atom. The van der Waals surface area contributed by atoms with Crippen LogP contribution in [0.4, 0.5) is 22.7 Å². The van der Waals surface area contributed by atoms with Gasteiger partial charge in [0.25, 0.3) is 0 Å². The van der Waals surface area contributed by atoms with Crippen molar-refractivity contribution in [1.29, 1.82) is 0 Å². The number of benzene rings is 5.